The van der Waals surface area contributed by atoms with Crippen molar-refractivity contribution in [2.24, 2.45) is 0 Å². The minimum atomic E-state index is -0.444. The summed E-state index contributed by atoms with van der Waals surface area (Å²) in [4.78, 5) is 0. The molecular weight excluding hydrogens is 232 g/mol. The Morgan fingerprint density at radius 2 is 1.67 bits per heavy atom. The number of nitrogens with zero attached hydrogens (tertiary/aromatic N) is 1. The number of hydrogen-bond donors (Lipinski definition) is 0. The van der Waals surface area contributed by atoms with Gasteiger partial charge in [-0.15, -0.1) is 0 Å². The molecule has 0 spiro atoms. The normalized spacial score (nSPS) is 8.11. The van der Waals surface area contributed by atoms with E-state index in [-0.39, 0.29) is 24.0 Å². The fraction of sp³-hybridized carbons (Fsp3) is 0.167. The Hall–Kier alpha value is -0.190. The van der Waals surface area contributed by atoms with Crippen LogP contribution in [-0.4, -0.2) is 0 Å². The molecule has 1 aromatic heterocycles. The van der Waals surface area contributed by atoms with Crippen LogP contribution >= 0.6 is 0 Å². The van der Waals surface area contributed by atoms with Crippen LogP contribution in [0.5, 0.6) is 0 Å². The van der Waals surface area contributed by atoms with E-state index in [1.165, 1.54) is 4.57 Å². The molecule has 0 aliphatic heterocycles. The third-order valence-corrected chi connectivity index (χ3v) is 0.915. The lowest BCUT2D eigenvalue weighted by molar-refractivity contribution is -0.718. The molecule has 0 saturated heterocycles. The van der Waals surface area contributed by atoms with Crippen LogP contribution in [0.4, 0.5) is 4.39 Å². The van der Waals surface area contributed by atoms with Gasteiger partial charge >= 0.3 is 0 Å². The van der Waals surface area contributed by atoms with Crippen LogP contribution in [0.2, 0.25) is 0 Å². The van der Waals surface area contributed by atoms with Crippen molar-refractivity contribution >= 4 is 0 Å². The molecule has 1 heterocycles. The molecule has 0 fully saturated rings. The first-order valence-electron chi connectivity index (χ1n) is 2.43. The van der Waals surface area contributed by atoms with Gasteiger partial charge in [0.05, 0.1) is 0 Å². The van der Waals surface area contributed by atoms with E-state index >= 15 is 0 Å². The maximum absolute atomic E-state index is 11.7. The molecular formula is C6H7FIN. The highest BCUT2D eigenvalue weighted by Gasteiger charge is 1.89. The van der Waals surface area contributed by atoms with E-state index in [1.54, 1.807) is 24.5 Å². The minimum Gasteiger partial charge on any atom is -1.00 e. The van der Waals surface area contributed by atoms with Crippen LogP contribution in [0.15, 0.2) is 30.6 Å². The van der Waals surface area contributed by atoms with Crippen molar-refractivity contribution in [3.05, 3.63) is 30.6 Å². The zero-order chi connectivity index (χ0) is 5.82. The van der Waals surface area contributed by atoms with E-state index in [4.69, 9.17) is 0 Å². The van der Waals surface area contributed by atoms with Gasteiger partial charge in [-0.25, -0.2) is 0 Å². The molecule has 0 radical (unpaired) electrons. The largest absolute Gasteiger partial charge is 1.00 e. The summed E-state index contributed by atoms with van der Waals surface area (Å²) < 4.78 is 13.1. The van der Waals surface area contributed by atoms with E-state index in [0.29, 0.717) is 0 Å². The van der Waals surface area contributed by atoms with Crippen molar-refractivity contribution in [2.75, 3.05) is 0 Å². The number of pyridine rings is 1. The molecule has 0 aromatic carbocycles. The van der Waals surface area contributed by atoms with Crippen LogP contribution in [0.1, 0.15) is 0 Å². The minimum absolute atomic E-state index is 0. The quantitative estimate of drug-likeness (QED) is 0.390. The second-order valence-corrected chi connectivity index (χ2v) is 1.51. The Balaban J connectivity index is 0.000000640. The average molecular weight is 239 g/mol. The second-order valence-electron chi connectivity index (χ2n) is 1.51. The van der Waals surface area contributed by atoms with Crippen molar-refractivity contribution in [3.63, 3.8) is 0 Å². The molecule has 50 valence electrons. The fourth-order valence-corrected chi connectivity index (χ4v) is 0.514. The highest BCUT2D eigenvalue weighted by molar-refractivity contribution is 4.83. The molecule has 0 aliphatic carbocycles. The topological polar surface area (TPSA) is 3.88 Å². The number of rotatable bonds is 1. The lowest BCUT2D eigenvalue weighted by Crippen LogP contribution is -3.00. The van der Waals surface area contributed by atoms with E-state index in [0.717, 1.165) is 0 Å². The summed E-state index contributed by atoms with van der Waals surface area (Å²) in [6.45, 7) is -0.444. The summed E-state index contributed by atoms with van der Waals surface area (Å²) in [6, 6.07) is 5.44. The Morgan fingerprint density at radius 1 is 1.11 bits per heavy atom. The van der Waals surface area contributed by atoms with Crippen molar-refractivity contribution in [1.82, 2.24) is 0 Å². The molecule has 1 nitrogen and oxygen atoms in total. The predicted molar refractivity (Wildman–Crippen MR) is 27.7 cm³/mol. The number of alkyl halides is 1. The first kappa shape index (κ1) is 8.81. The lowest BCUT2D eigenvalue weighted by Gasteiger charge is -1.82. The summed E-state index contributed by atoms with van der Waals surface area (Å²) >= 11 is 0. The van der Waals surface area contributed by atoms with Gasteiger partial charge in [0.2, 0.25) is 0 Å². The molecule has 9 heavy (non-hydrogen) atoms. The van der Waals surface area contributed by atoms with E-state index in [9.17, 15) is 4.39 Å². The van der Waals surface area contributed by atoms with Gasteiger partial charge in [-0.3, -0.25) is 0 Å². The summed E-state index contributed by atoms with van der Waals surface area (Å²) in [6.07, 6.45) is 3.36. The smallest absolute Gasteiger partial charge is 0.289 e. The number of halogens is 2. The summed E-state index contributed by atoms with van der Waals surface area (Å²) in [5, 5.41) is 0. The van der Waals surface area contributed by atoms with Crippen LogP contribution in [0, 0.1) is 0 Å². The van der Waals surface area contributed by atoms with Crippen molar-refractivity contribution < 1.29 is 32.9 Å². The second kappa shape index (κ2) is 4.67. The van der Waals surface area contributed by atoms with Gasteiger partial charge in [0.1, 0.15) is 0 Å². The molecule has 0 aliphatic rings. The monoisotopic (exact) mass is 239 g/mol. The van der Waals surface area contributed by atoms with Crippen molar-refractivity contribution in [1.29, 1.82) is 0 Å². The molecule has 3 heteroatoms. The fourth-order valence-electron chi connectivity index (χ4n) is 0.514. The lowest BCUT2D eigenvalue weighted by atomic mass is 10.5. The van der Waals surface area contributed by atoms with Gasteiger partial charge in [-0.1, -0.05) is 6.07 Å². The standard InChI is InChI=1S/C6H7FN.HI/c7-6-8-4-2-1-3-5-8;/h1-5H,6H2;1H/q+1;/p-1. The SMILES string of the molecule is FC[n+]1ccccc1.[I-]. The van der Waals surface area contributed by atoms with Gasteiger partial charge < -0.3 is 24.0 Å². The van der Waals surface area contributed by atoms with Gasteiger partial charge in [0.15, 0.2) is 12.4 Å². The maximum atomic E-state index is 11.7. The van der Waals surface area contributed by atoms with Crippen LogP contribution in [0.25, 0.3) is 0 Å². The van der Waals surface area contributed by atoms with E-state index in [1.807, 2.05) is 6.07 Å². The molecule has 0 saturated carbocycles. The summed E-state index contributed by atoms with van der Waals surface area (Å²) in [5.41, 5.74) is 0. The molecule has 1 rings (SSSR count). The molecule has 0 N–H and O–H groups in total. The third-order valence-electron chi connectivity index (χ3n) is 0.915. The average Bonchev–Trinajstić information content (AvgIpc) is 1.90. The van der Waals surface area contributed by atoms with E-state index < -0.39 is 6.80 Å². The zero-order valence-corrected chi connectivity index (χ0v) is 6.95. The Morgan fingerprint density at radius 3 is 2.00 bits per heavy atom. The summed E-state index contributed by atoms with van der Waals surface area (Å²) in [7, 11) is 0. The van der Waals surface area contributed by atoms with Gasteiger partial charge in [-0.05, 0) is 0 Å². The first-order valence-corrected chi connectivity index (χ1v) is 2.43. The molecule has 0 atom stereocenters. The van der Waals surface area contributed by atoms with Crippen molar-refractivity contribution in [2.45, 2.75) is 6.80 Å². The van der Waals surface area contributed by atoms with Crippen molar-refractivity contribution in [3.8, 4) is 0 Å². The predicted octanol–water partition coefficient (Wildman–Crippen LogP) is -2.09. The highest BCUT2D eigenvalue weighted by atomic mass is 127. The number of aromatic nitrogens is 1. The maximum Gasteiger partial charge on any atom is 0.289 e. The molecule has 1 aromatic rings. The molecule has 0 amide bonds. The van der Waals surface area contributed by atoms with E-state index in [2.05, 4.69) is 0 Å². The van der Waals surface area contributed by atoms with Crippen LogP contribution in [0.3, 0.4) is 0 Å². The zero-order valence-electron chi connectivity index (χ0n) is 4.80. The van der Waals surface area contributed by atoms with Gasteiger partial charge in [0.25, 0.3) is 6.80 Å². The highest BCUT2D eigenvalue weighted by Crippen LogP contribution is 1.75. The van der Waals surface area contributed by atoms with Crippen LogP contribution in [-0.2, 0) is 6.80 Å². The van der Waals surface area contributed by atoms with Gasteiger partial charge in [-0.2, -0.15) is 8.96 Å². The first-order chi connectivity index (χ1) is 3.93. The Kier molecular flexibility index (Phi) is 4.57. The Labute approximate surface area is 70.5 Å². The van der Waals surface area contributed by atoms with Crippen LogP contribution < -0.4 is 28.5 Å². The molecule has 0 bridgehead atoms. The number of hydrogen-bond acceptors (Lipinski definition) is 0. The Bertz CT molecular complexity index is 154. The van der Waals surface area contributed by atoms with Gasteiger partial charge in [0, 0.05) is 12.1 Å². The molecule has 0 unspecified atom stereocenters. The summed E-state index contributed by atoms with van der Waals surface area (Å²) in [5.74, 6) is 0. The third kappa shape index (κ3) is 2.74.